The third-order valence-electron chi connectivity index (χ3n) is 8.79. The molecule has 198 valence electrons. The molecule has 10 heteroatoms. The van der Waals surface area contributed by atoms with Crippen LogP contribution in [0, 0.1) is 0 Å². The highest BCUT2D eigenvalue weighted by Crippen LogP contribution is 2.48. The fourth-order valence-electron chi connectivity index (χ4n) is 7.46. The van der Waals surface area contributed by atoms with Gasteiger partial charge in [-0.1, -0.05) is 50.7 Å². The van der Waals surface area contributed by atoms with Gasteiger partial charge >= 0.3 is 7.75 Å². The predicted molar refractivity (Wildman–Crippen MR) is 139 cm³/mol. The first-order chi connectivity index (χ1) is 17.2. The summed E-state index contributed by atoms with van der Waals surface area (Å²) in [6.07, 6.45) is 14.1. The van der Waals surface area contributed by atoms with Crippen LogP contribution in [0.15, 0.2) is 24.3 Å². The van der Waals surface area contributed by atoms with E-state index in [4.69, 9.17) is 0 Å². The highest BCUT2D eigenvalue weighted by Gasteiger charge is 2.52. The molecule has 3 unspecified atom stereocenters. The maximum Gasteiger partial charge on any atom is 0.429 e. The number of hydrogen-bond donors (Lipinski definition) is 4. The molecule has 4 aliphatic rings. The van der Waals surface area contributed by atoms with Gasteiger partial charge in [-0.15, -0.1) is 0 Å². The van der Waals surface area contributed by atoms with Crippen LogP contribution >= 0.6 is 7.75 Å². The minimum atomic E-state index is -4.83. The van der Waals surface area contributed by atoms with Crippen LogP contribution in [-0.4, -0.2) is 56.2 Å². The molecule has 0 aromatic heterocycles. The summed E-state index contributed by atoms with van der Waals surface area (Å²) in [6.45, 7) is 2.36. The van der Waals surface area contributed by atoms with E-state index in [1.165, 1.54) is 51.4 Å². The number of benzene rings is 1. The van der Waals surface area contributed by atoms with E-state index < -0.39 is 25.6 Å². The maximum absolute atomic E-state index is 13.7. The Hall–Kier alpha value is -1.93. The van der Waals surface area contributed by atoms with Gasteiger partial charge in [0.1, 0.15) is 0 Å². The van der Waals surface area contributed by atoms with Gasteiger partial charge in [-0.2, -0.15) is 0 Å². The van der Waals surface area contributed by atoms with Crippen LogP contribution in [0.25, 0.3) is 0 Å². The standard InChI is InChI=1S/C26H39N4O5P/c1-26-15-9-12-19(30(26)18-10-5-3-2-4-6-11-18)16-20(17-26)29-22-14-8-7-13-21(22)27-23(25(29)32)24(31)28-36(33,34)35/h7-8,13-14,18-20,23,27H,2-6,9-12,15-17H2,1H3,(H3,28,31,33,34,35)/t19?,20-,23?,26?/m0/s1. The summed E-state index contributed by atoms with van der Waals surface area (Å²) >= 11 is 0. The highest BCUT2D eigenvalue weighted by molar-refractivity contribution is 7.50. The maximum atomic E-state index is 13.7. The fourth-order valence-corrected chi connectivity index (χ4v) is 7.88. The van der Waals surface area contributed by atoms with Crippen molar-refractivity contribution in [3.8, 4) is 0 Å². The van der Waals surface area contributed by atoms with Gasteiger partial charge in [-0.05, 0) is 57.6 Å². The molecule has 2 amide bonds. The van der Waals surface area contributed by atoms with Gasteiger partial charge in [0.15, 0.2) is 6.04 Å². The van der Waals surface area contributed by atoms with Gasteiger partial charge in [0.05, 0.1) is 11.4 Å². The Labute approximate surface area is 213 Å². The second kappa shape index (κ2) is 10.1. The third kappa shape index (κ3) is 5.08. The summed E-state index contributed by atoms with van der Waals surface area (Å²) in [5, 5.41) is 4.61. The first-order valence-electron chi connectivity index (χ1n) is 13.5. The number of hydrogen-bond acceptors (Lipinski definition) is 5. The largest absolute Gasteiger partial charge is 0.429 e. The van der Waals surface area contributed by atoms with Gasteiger partial charge in [-0.3, -0.25) is 19.6 Å². The Bertz CT molecular complexity index is 1040. The van der Waals surface area contributed by atoms with Crippen LogP contribution < -0.4 is 15.3 Å². The highest BCUT2D eigenvalue weighted by atomic mass is 31.2. The molecule has 36 heavy (non-hydrogen) atoms. The quantitative estimate of drug-likeness (QED) is 0.352. The number of nitrogens with zero attached hydrogens (tertiary/aromatic N) is 2. The van der Waals surface area contributed by atoms with Gasteiger partial charge in [0, 0.05) is 23.7 Å². The Balaban J connectivity index is 1.44. The van der Waals surface area contributed by atoms with Crippen LogP contribution in [-0.2, 0) is 14.2 Å². The van der Waals surface area contributed by atoms with Crippen molar-refractivity contribution in [3.05, 3.63) is 24.3 Å². The third-order valence-corrected chi connectivity index (χ3v) is 9.30. The minimum Gasteiger partial charge on any atom is -0.364 e. The molecule has 1 aromatic carbocycles. The number of fused-ring (bicyclic) bond motifs is 3. The van der Waals surface area contributed by atoms with Crippen molar-refractivity contribution in [2.24, 2.45) is 0 Å². The number of carbonyl (C=O) groups excluding carboxylic acids is 2. The van der Waals surface area contributed by atoms with E-state index in [1.807, 2.05) is 18.2 Å². The van der Waals surface area contributed by atoms with Crippen LogP contribution in [0.3, 0.4) is 0 Å². The van der Waals surface area contributed by atoms with Crippen molar-refractivity contribution in [3.63, 3.8) is 0 Å². The lowest BCUT2D eigenvalue weighted by atomic mass is 9.70. The SMILES string of the molecule is CC12CCCC(C[C@H](N3C(=O)C(C(=O)NP(=O)(O)O)Nc4ccccc43)C1)N2C1CCCCCCC1. The Kier molecular flexibility index (Phi) is 7.20. The van der Waals surface area contributed by atoms with E-state index in [0.29, 0.717) is 17.8 Å². The van der Waals surface area contributed by atoms with Crippen molar-refractivity contribution in [1.29, 1.82) is 0 Å². The van der Waals surface area contributed by atoms with E-state index in [2.05, 4.69) is 17.1 Å². The molecule has 2 bridgehead atoms. The number of anilines is 2. The van der Waals surface area contributed by atoms with Gasteiger partial charge < -0.3 is 20.0 Å². The molecule has 1 saturated carbocycles. The zero-order chi connectivity index (χ0) is 25.5. The van der Waals surface area contributed by atoms with E-state index in [0.717, 1.165) is 31.4 Å². The van der Waals surface area contributed by atoms with Gasteiger partial charge in [-0.25, -0.2) is 4.57 Å². The molecule has 9 nitrogen and oxygen atoms in total. The van der Waals surface area contributed by atoms with E-state index in [-0.39, 0.29) is 11.6 Å². The van der Waals surface area contributed by atoms with Crippen molar-refractivity contribution in [1.82, 2.24) is 9.99 Å². The lowest BCUT2D eigenvalue weighted by molar-refractivity contribution is -0.129. The monoisotopic (exact) mass is 518 g/mol. The minimum absolute atomic E-state index is 0.0144. The topological polar surface area (TPSA) is 122 Å². The van der Waals surface area contributed by atoms with Crippen LogP contribution in [0.1, 0.15) is 84.0 Å². The van der Waals surface area contributed by atoms with Gasteiger partial charge in [0.2, 0.25) is 0 Å². The fraction of sp³-hybridized carbons (Fsp3) is 0.692. The van der Waals surface area contributed by atoms with Gasteiger partial charge in [0.25, 0.3) is 11.8 Å². The second-order valence-electron chi connectivity index (χ2n) is 11.4. The summed E-state index contributed by atoms with van der Waals surface area (Å²) in [5.41, 5.74) is 1.34. The first-order valence-corrected chi connectivity index (χ1v) is 15.1. The zero-order valence-corrected chi connectivity index (χ0v) is 22.0. The summed E-state index contributed by atoms with van der Waals surface area (Å²) in [4.78, 5) is 49.6. The zero-order valence-electron chi connectivity index (χ0n) is 21.1. The molecule has 3 heterocycles. The number of nitrogens with one attached hydrogen (secondary N) is 2. The summed E-state index contributed by atoms with van der Waals surface area (Å²) in [6, 6.07) is 6.91. The van der Waals surface area contributed by atoms with Crippen molar-refractivity contribution in [2.75, 3.05) is 10.2 Å². The number of amides is 2. The van der Waals surface area contributed by atoms with Crippen molar-refractivity contribution < 1.29 is 23.9 Å². The summed E-state index contributed by atoms with van der Waals surface area (Å²) < 4.78 is 11.4. The van der Waals surface area contributed by atoms with Crippen molar-refractivity contribution >= 4 is 30.9 Å². The number of rotatable bonds is 4. The summed E-state index contributed by atoms with van der Waals surface area (Å²) in [7, 11) is -4.83. The molecule has 4 N–H and O–H groups in total. The average Bonchev–Trinajstić information content (AvgIpc) is 2.77. The smallest absolute Gasteiger partial charge is 0.364 e. The predicted octanol–water partition coefficient (Wildman–Crippen LogP) is 3.91. The van der Waals surface area contributed by atoms with Crippen molar-refractivity contribution in [2.45, 2.75) is 114 Å². The number of carbonyl (C=O) groups is 2. The van der Waals surface area contributed by atoms with Crippen LogP contribution in [0.2, 0.25) is 0 Å². The average molecular weight is 519 g/mol. The molecule has 0 spiro atoms. The molecule has 1 aliphatic carbocycles. The summed E-state index contributed by atoms with van der Waals surface area (Å²) in [5.74, 6) is -1.46. The molecule has 0 radical (unpaired) electrons. The lowest BCUT2D eigenvalue weighted by Gasteiger charge is -2.60. The molecule has 3 fully saturated rings. The molecule has 5 rings (SSSR count). The van der Waals surface area contributed by atoms with Crippen LogP contribution in [0.5, 0.6) is 0 Å². The Morgan fingerprint density at radius 3 is 2.39 bits per heavy atom. The molecule has 1 aromatic rings. The normalized spacial score (nSPS) is 32.1. The Morgan fingerprint density at radius 2 is 1.69 bits per heavy atom. The number of para-hydroxylation sites is 2. The van der Waals surface area contributed by atoms with E-state index >= 15 is 0 Å². The lowest BCUT2D eigenvalue weighted by Crippen LogP contribution is -2.68. The molecule has 2 saturated heterocycles. The molecular formula is C26H39N4O5P. The molecule has 3 aliphatic heterocycles. The number of piperidine rings is 2. The van der Waals surface area contributed by atoms with E-state index in [1.54, 1.807) is 16.1 Å². The van der Waals surface area contributed by atoms with E-state index in [9.17, 15) is 23.9 Å². The van der Waals surface area contributed by atoms with Crippen LogP contribution in [0.4, 0.5) is 11.4 Å². The Morgan fingerprint density at radius 1 is 1.03 bits per heavy atom. The molecular weight excluding hydrogens is 479 g/mol. The molecule has 4 atom stereocenters. The first kappa shape index (κ1) is 25.7. The second-order valence-corrected chi connectivity index (χ2v) is 12.7.